The van der Waals surface area contributed by atoms with Crippen molar-refractivity contribution in [3.8, 4) is 5.69 Å². The molecule has 2 aromatic heterocycles. The SMILES string of the molecule is Cn1nnn(-c2ccc(NS(=O)(=O)c3cccnc3)cc2)c1=O. The van der Waals surface area contributed by atoms with Gasteiger partial charge in [0.15, 0.2) is 0 Å². The molecular formula is C13H12N6O3S. The molecule has 10 heteroatoms. The van der Waals surface area contributed by atoms with Gasteiger partial charge in [-0.1, -0.05) is 0 Å². The van der Waals surface area contributed by atoms with Gasteiger partial charge in [-0.2, -0.15) is 9.36 Å². The lowest BCUT2D eigenvalue weighted by atomic mass is 10.3. The van der Waals surface area contributed by atoms with Crippen LogP contribution in [0, 0.1) is 0 Å². The zero-order valence-corrected chi connectivity index (χ0v) is 12.8. The Morgan fingerprint density at radius 1 is 1.09 bits per heavy atom. The third kappa shape index (κ3) is 2.97. The van der Waals surface area contributed by atoms with Crippen LogP contribution in [0.25, 0.3) is 5.69 Å². The van der Waals surface area contributed by atoms with E-state index in [2.05, 4.69) is 20.1 Å². The van der Waals surface area contributed by atoms with Crippen molar-refractivity contribution in [2.75, 3.05) is 4.72 Å². The number of aryl methyl sites for hydroxylation is 1. The second-order valence-corrected chi connectivity index (χ2v) is 6.32. The van der Waals surface area contributed by atoms with Gasteiger partial charge in [-0.05, 0) is 46.8 Å². The highest BCUT2D eigenvalue weighted by molar-refractivity contribution is 7.92. The molecule has 0 bridgehead atoms. The largest absolute Gasteiger partial charge is 0.368 e. The van der Waals surface area contributed by atoms with Crippen molar-refractivity contribution in [2.24, 2.45) is 7.05 Å². The van der Waals surface area contributed by atoms with E-state index in [0.29, 0.717) is 11.4 Å². The van der Waals surface area contributed by atoms with Gasteiger partial charge >= 0.3 is 5.69 Å². The zero-order chi connectivity index (χ0) is 16.4. The van der Waals surface area contributed by atoms with Gasteiger partial charge in [0.05, 0.1) is 5.69 Å². The second kappa shape index (κ2) is 5.65. The van der Waals surface area contributed by atoms with Gasteiger partial charge in [0.25, 0.3) is 10.0 Å². The Kier molecular flexibility index (Phi) is 3.66. The fraction of sp³-hybridized carbons (Fsp3) is 0.0769. The molecule has 1 aromatic carbocycles. The summed E-state index contributed by atoms with van der Waals surface area (Å²) >= 11 is 0. The predicted molar refractivity (Wildman–Crippen MR) is 81.6 cm³/mol. The lowest BCUT2D eigenvalue weighted by molar-refractivity contribution is 0.601. The maximum atomic E-state index is 12.2. The van der Waals surface area contributed by atoms with Crippen molar-refractivity contribution in [3.05, 3.63) is 59.3 Å². The smallest absolute Gasteiger partial charge is 0.280 e. The van der Waals surface area contributed by atoms with Gasteiger partial charge in [-0.3, -0.25) is 9.71 Å². The lowest BCUT2D eigenvalue weighted by Crippen LogP contribution is -2.21. The number of rotatable bonds is 4. The molecule has 0 aliphatic rings. The molecule has 0 spiro atoms. The van der Waals surface area contributed by atoms with Crippen LogP contribution in [0.15, 0.2) is 58.5 Å². The molecule has 0 fully saturated rings. The summed E-state index contributed by atoms with van der Waals surface area (Å²) in [7, 11) is -2.22. The van der Waals surface area contributed by atoms with E-state index in [-0.39, 0.29) is 4.90 Å². The molecule has 3 rings (SSSR count). The Labute approximate surface area is 131 Å². The first kappa shape index (κ1) is 14.9. The topological polar surface area (TPSA) is 112 Å². The molecule has 0 atom stereocenters. The molecule has 0 amide bonds. The number of nitrogens with one attached hydrogen (secondary N) is 1. The quantitative estimate of drug-likeness (QED) is 0.728. The van der Waals surface area contributed by atoms with E-state index in [1.54, 1.807) is 12.1 Å². The number of hydrogen-bond donors (Lipinski definition) is 1. The highest BCUT2D eigenvalue weighted by Gasteiger charge is 2.14. The minimum Gasteiger partial charge on any atom is -0.280 e. The van der Waals surface area contributed by atoms with Crippen LogP contribution in [0.4, 0.5) is 5.69 Å². The summed E-state index contributed by atoms with van der Waals surface area (Å²) in [5, 5.41) is 7.32. The minimum atomic E-state index is -3.71. The third-order valence-electron chi connectivity index (χ3n) is 3.03. The maximum absolute atomic E-state index is 12.2. The number of tetrazole rings is 1. The highest BCUT2D eigenvalue weighted by Crippen LogP contribution is 2.16. The van der Waals surface area contributed by atoms with E-state index >= 15 is 0 Å². The maximum Gasteiger partial charge on any atom is 0.368 e. The number of sulfonamides is 1. The molecule has 118 valence electrons. The number of hydrogen-bond acceptors (Lipinski definition) is 6. The van der Waals surface area contributed by atoms with Crippen molar-refractivity contribution in [2.45, 2.75) is 4.90 Å². The van der Waals surface area contributed by atoms with Crippen molar-refractivity contribution < 1.29 is 8.42 Å². The molecular weight excluding hydrogens is 320 g/mol. The predicted octanol–water partition coefficient (Wildman–Crippen LogP) is 0.162. The molecule has 0 aliphatic heterocycles. The molecule has 0 saturated heterocycles. The van der Waals surface area contributed by atoms with Crippen molar-refractivity contribution in [1.29, 1.82) is 0 Å². The summed E-state index contributed by atoms with van der Waals surface area (Å²) < 4.78 is 29.0. The summed E-state index contributed by atoms with van der Waals surface area (Å²) in [5.74, 6) is 0. The first-order chi connectivity index (χ1) is 11.0. The van der Waals surface area contributed by atoms with Gasteiger partial charge < -0.3 is 0 Å². The molecule has 0 unspecified atom stereocenters. The van der Waals surface area contributed by atoms with Crippen molar-refractivity contribution >= 4 is 15.7 Å². The van der Waals surface area contributed by atoms with Gasteiger partial charge in [0, 0.05) is 25.1 Å². The van der Waals surface area contributed by atoms with Gasteiger partial charge in [-0.25, -0.2) is 13.2 Å². The van der Waals surface area contributed by atoms with E-state index in [4.69, 9.17) is 0 Å². The second-order valence-electron chi connectivity index (χ2n) is 4.64. The third-order valence-corrected chi connectivity index (χ3v) is 4.40. The number of anilines is 1. The zero-order valence-electron chi connectivity index (χ0n) is 12.0. The van der Waals surface area contributed by atoms with Crippen molar-refractivity contribution in [3.63, 3.8) is 0 Å². The van der Waals surface area contributed by atoms with E-state index in [0.717, 1.165) is 9.36 Å². The van der Waals surface area contributed by atoms with E-state index < -0.39 is 15.7 Å². The number of benzene rings is 1. The molecule has 1 N–H and O–H groups in total. The van der Waals surface area contributed by atoms with Gasteiger partial charge in [0.1, 0.15) is 4.90 Å². The van der Waals surface area contributed by atoms with E-state index in [1.807, 2.05) is 0 Å². The summed E-state index contributed by atoms with van der Waals surface area (Å²) in [6.07, 6.45) is 2.75. The first-order valence-electron chi connectivity index (χ1n) is 6.50. The lowest BCUT2D eigenvalue weighted by Gasteiger charge is -2.08. The van der Waals surface area contributed by atoms with E-state index in [1.165, 1.54) is 43.7 Å². The molecule has 2 heterocycles. The van der Waals surface area contributed by atoms with Gasteiger partial charge in [-0.15, -0.1) is 0 Å². The Balaban J connectivity index is 1.86. The summed E-state index contributed by atoms with van der Waals surface area (Å²) in [5.41, 5.74) is 0.440. The van der Waals surface area contributed by atoms with Crippen LogP contribution in [-0.4, -0.2) is 33.2 Å². The molecule has 9 nitrogen and oxygen atoms in total. The highest BCUT2D eigenvalue weighted by atomic mass is 32.2. The monoisotopic (exact) mass is 332 g/mol. The van der Waals surface area contributed by atoms with Crippen LogP contribution < -0.4 is 10.4 Å². The average molecular weight is 332 g/mol. The van der Waals surface area contributed by atoms with Crippen LogP contribution in [0.1, 0.15) is 0 Å². The minimum absolute atomic E-state index is 0.0641. The summed E-state index contributed by atoms with van der Waals surface area (Å²) in [4.78, 5) is 15.6. The standard InChI is InChI=1S/C13H12N6O3S/c1-18-13(20)19(17-16-18)11-6-4-10(5-7-11)15-23(21,22)12-3-2-8-14-9-12/h2-9,15H,1H3. The van der Waals surface area contributed by atoms with Crippen LogP contribution in [0.5, 0.6) is 0 Å². The van der Waals surface area contributed by atoms with Crippen LogP contribution in [-0.2, 0) is 17.1 Å². The number of aromatic nitrogens is 5. The molecule has 0 radical (unpaired) electrons. The van der Waals surface area contributed by atoms with Crippen LogP contribution >= 0.6 is 0 Å². The molecule has 0 aliphatic carbocycles. The average Bonchev–Trinajstić information content (AvgIpc) is 2.88. The van der Waals surface area contributed by atoms with Crippen molar-refractivity contribution in [1.82, 2.24) is 24.8 Å². The van der Waals surface area contributed by atoms with Crippen LogP contribution in [0.3, 0.4) is 0 Å². The number of nitrogens with zero attached hydrogens (tertiary/aromatic N) is 5. The summed E-state index contributed by atoms with van der Waals surface area (Å²) in [6, 6.07) is 9.18. The fourth-order valence-corrected chi connectivity index (χ4v) is 2.89. The van der Waals surface area contributed by atoms with E-state index in [9.17, 15) is 13.2 Å². The fourth-order valence-electron chi connectivity index (χ4n) is 1.87. The molecule has 0 saturated carbocycles. The van der Waals surface area contributed by atoms with Gasteiger partial charge in [0.2, 0.25) is 0 Å². The Hall–Kier alpha value is -3.01. The summed E-state index contributed by atoms with van der Waals surface area (Å²) in [6.45, 7) is 0. The van der Waals surface area contributed by atoms with Crippen LogP contribution in [0.2, 0.25) is 0 Å². The number of pyridine rings is 1. The molecule has 23 heavy (non-hydrogen) atoms. The Morgan fingerprint density at radius 3 is 2.39 bits per heavy atom. The Morgan fingerprint density at radius 2 is 1.83 bits per heavy atom. The normalized spacial score (nSPS) is 11.3. The first-order valence-corrected chi connectivity index (χ1v) is 7.98. The molecule has 3 aromatic rings. The Bertz CT molecular complexity index is 977.